The zero-order valence-electron chi connectivity index (χ0n) is 12.0. The summed E-state index contributed by atoms with van der Waals surface area (Å²) in [6, 6.07) is 7.31. The molecule has 0 bridgehead atoms. The number of carbonyl (C=O) groups is 1. The van der Waals surface area contributed by atoms with Gasteiger partial charge in [0.05, 0.1) is 11.6 Å². The molecule has 3 heteroatoms. The molecule has 2 rings (SSSR count). The zero-order valence-corrected chi connectivity index (χ0v) is 12.0. The van der Waals surface area contributed by atoms with Gasteiger partial charge in [0.15, 0.2) is 0 Å². The topological polar surface area (TPSA) is 41.1 Å². The van der Waals surface area contributed by atoms with Crippen LogP contribution in [0.15, 0.2) is 24.3 Å². The lowest BCUT2D eigenvalue weighted by atomic mass is 9.84. The van der Waals surface area contributed by atoms with Gasteiger partial charge in [0.1, 0.15) is 0 Å². The van der Waals surface area contributed by atoms with Crippen LogP contribution in [0.25, 0.3) is 0 Å². The Kier molecular flexibility index (Phi) is 5.06. The van der Waals surface area contributed by atoms with E-state index in [9.17, 15) is 4.79 Å². The summed E-state index contributed by atoms with van der Waals surface area (Å²) in [5.41, 5.74) is 1.47. The molecule has 0 radical (unpaired) electrons. The van der Waals surface area contributed by atoms with E-state index in [1.807, 2.05) is 31.3 Å². The number of para-hydroxylation sites is 1. The zero-order chi connectivity index (χ0) is 14.4. The Morgan fingerprint density at radius 2 is 2.00 bits per heavy atom. The van der Waals surface area contributed by atoms with E-state index in [0.717, 1.165) is 18.5 Å². The predicted octanol–water partition coefficient (Wildman–Crippen LogP) is 3.04. The van der Waals surface area contributed by atoms with Crippen LogP contribution in [0.4, 0.5) is 5.69 Å². The van der Waals surface area contributed by atoms with Crippen LogP contribution in [0.1, 0.15) is 42.5 Å². The van der Waals surface area contributed by atoms with Gasteiger partial charge >= 0.3 is 0 Å². The second-order valence-corrected chi connectivity index (χ2v) is 5.31. The monoisotopic (exact) mass is 270 g/mol. The molecule has 0 aliphatic heterocycles. The van der Waals surface area contributed by atoms with Crippen LogP contribution in [-0.4, -0.2) is 19.0 Å². The molecule has 1 saturated carbocycles. The van der Waals surface area contributed by atoms with Crippen molar-refractivity contribution >= 4 is 11.6 Å². The van der Waals surface area contributed by atoms with E-state index in [-0.39, 0.29) is 11.9 Å². The highest BCUT2D eigenvalue weighted by atomic mass is 16.1. The third kappa shape index (κ3) is 3.33. The Morgan fingerprint density at radius 1 is 1.30 bits per heavy atom. The molecule has 1 aliphatic carbocycles. The van der Waals surface area contributed by atoms with E-state index < -0.39 is 0 Å². The number of terminal acetylenes is 1. The van der Waals surface area contributed by atoms with Gasteiger partial charge < -0.3 is 10.6 Å². The third-order valence-electron chi connectivity index (χ3n) is 4.03. The van der Waals surface area contributed by atoms with E-state index in [1.165, 1.54) is 19.3 Å². The van der Waals surface area contributed by atoms with Gasteiger partial charge in [-0.3, -0.25) is 4.79 Å². The lowest BCUT2D eigenvalue weighted by Crippen LogP contribution is -2.40. The first-order valence-corrected chi connectivity index (χ1v) is 7.30. The highest BCUT2D eigenvalue weighted by Crippen LogP contribution is 2.26. The van der Waals surface area contributed by atoms with Crippen molar-refractivity contribution in [2.45, 2.75) is 38.1 Å². The molecule has 1 fully saturated rings. The van der Waals surface area contributed by atoms with Crippen LogP contribution in [0, 0.1) is 18.3 Å². The van der Waals surface area contributed by atoms with Crippen LogP contribution in [-0.2, 0) is 0 Å². The standard InChI is InChI=1S/C17H22N2O/c1-3-15(13-9-5-4-6-10-13)19-17(20)14-11-7-8-12-16(14)18-2/h1,7-8,11-13,15,18H,4-6,9-10H2,2H3,(H,19,20). The van der Waals surface area contributed by atoms with E-state index in [1.54, 1.807) is 0 Å². The molecule has 0 saturated heterocycles. The average molecular weight is 270 g/mol. The molecule has 1 unspecified atom stereocenters. The fourth-order valence-electron chi connectivity index (χ4n) is 2.88. The first-order valence-electron chi connectivity index (χ1n) is 7.30. The maximum atomic E-state index is 12.4. The normalized spacial score (nSPS) is 17.0. The molecule has 1 atom stereocenters. The Labute approximate surface area is 121 Å². The number of hydrogen-bond donors (Lipinski definition) is 2. The van der Waals surface area contributed by atoms with Crippen LogP contribution in [0.5, 0.6) is 0 Å². The van der Waals surface area contributed by atoms with Gasteiger partial charge in [-0.15, -0.1) is 6.42 Å². The molecule has 0 spiro atoms. The van der Waals surface area contributed by atoms with E-state index in [0.29, 0.717) is 11.5 Å². The second kappa shape index (κ2) is 7.00. The SMILES string of the molecule is C#CC(NC(=O)c1ccccc1NC)C1CCCCC1. The Bertz CT molecular complexity index is 498. The largest absolute Gasteiger partial charge is 0.387 e. The Hall–Kier alpha value is -1.95. The van der Waals surface area contributed by atoms with Gasteiger partial charge in [-0.05, 0) is 30.9 Å². The molecular formula is C17H22N2O. The van der Waals surface area contributed by atoms with E-state index >= 15 is 0 Å². The van der Waals surface area contributed by atoms with Crippen molar-refractivity contribution < 1.29 is 4.79 Å². The Balaban J connectivity index is 2.07. The van der Waals surface area contributed by atoms with E-state index in [2.05, 4.69) is 16.6 Å². The van der Waals surface area contributed by atoms with Crippen LogP contribution in [0.3, 0.4) is 0 Å². The smallest absolute Gasteiger partial charge is 0.254 e. The number of amides is 1. The summed E-state index contributed by atoms with van der Waals surface area (Å²) in [5.74, 6) is 3.08. The van der Waals surface area contributed by atoms with E-state index in [4.69, 9.17) is 6.42 Å². The molecular weight excluding hydrogens is 248 g/mol. The molecule has 1 aliphatic rings. The molecule has 3 nitrogen and oxygen atoms in total. The van der Waals surface area contributed by atoms with Gasteiger partial charge in [0.2, 0.25) is 0 Å². The first kappa shape index (κ1) is 14.5. The summed E-state index contributed by atoms with van der Waals surface area (Å²) in [6.45, 7) is 0. The molecule has 106 valence electrons. The number of anilines is 1. The summed E-state index contributed by atoms with van der Waals surface area (Å²) < 4.78 is 0. The molecule has 1 aromatic rings. The lowest BCUT2D eigenvalue weighted by Gasteiger charge is -2.27. The summed E-state index contributed by atoms with van der Waals surface area (Å²) in [4.78, 5) is 12.4. The molecule has 0 aromatic heterocycles. The number of hydrogen-bond acceptors (Lipinski definition) is 2. The predicted molar refractivity (Wildman–Crippen MR) is 82.7 cm³/mol. The van der Waals surface area contributed by atoms with Gasteiger partial charge in [0, 0.05) is 12.7 Å². The number of carbonyl (C=O) groups excluding carboxylic acids is 1. The van der Waals surface area contributed by atoms with Crippen molar-refractivity contribution in [1.82, 2.24) is 5.32 Å². The maximum Gasteiger partial charge on any atom is 0.254 e. The van der Waals surface area contributed by atoms with Gasteiger partial charge in [-0.25, -0.2) is 0 Å². The summed E-state index contributed by atoms with van der Waals surface area (Å²) in [7, 11) is 1.81. The average Bonchev–Trinajstić information content (AvgIpc) is 2.53. The minimum Gasteiger partial charge on any atom is -0.387 e. The molecule has 20 heavy (non-hydrogen) atoms. The number of benzene rings is 1. The second-order valence-electron chi connectivity index (χ2n) is 5.31. The fourth-order valence-corrected chi connectivity index (χ4v) is 2.88. The highest BCUT2D eigenvalue weighted by Gasteiger charge is 2.24. The van der Waals surface area contributed by atoms with Crippen molar-refractivity contribution in [2.75, 3.05) is 12.4 Å². The van der Waals surface area contributed by atoms with Gasteiger partial charge in [-0.2, -0.15) is 0 Å². The summed E-state index contributed by atoms with van der Waals surface area (Å²) in [6.07, 6.45) is 11.6. The van der Waals surface area contributed by atoms with Crippen molar-refractivity contribution in [3.05, 3.63) is 29.8 Å². The van der Waals surface area contributed by atoms with Crippen molar-refractivity contribution in [1.29, 1.82) is 0 Å². The van der Waals surface area contributed by atoms with Crippen molar-refractivity contribution in [3.8, 4) is 12.3 Å². The summed E-state index contributed by atoms with van der Waals surface area (Å²) in [5, 5.41) is 6.05. The molecule has 1 amide bonds. The van der Waals surface area contributed by atoms with Crippen LogP contribution < -0.4 is 10.6 Å². The van der Waals surface area contributed by atoms with Gasteiger partial charge in [0.25, 0.3) is 5.91 Å². The maximum absolute atomic E-state index is 12.4. The van der Waals surface area contributed by atoms with Crippen LogP contribution in [0.2, 0.25) is 0 Å². The minimum atomic E-state index is -0.160. The first-order chi connectivity index (χ1) is 9.76. The lowest BCUT2D eigenvalue weighted by molar-refractivity contribution is 0.0930. The third-order valence-corrected chi connectivity index (χ3v) is 4.03. The van der Waals surface area contributed by atoms with Crippen LogP contribution >= 0.6 is 0 Å². The number of nitrogens with one attached hydrogen (secondary N) is 2. The Morgan fingerprint density at radius 3 is 2.65 bits per heavy atom. The fraction of sp³-hybridized carbons (Fsp3) is 0.471. The molecule has 2 N–H and O–H groups in total. The van der Waals surface area contributed by atoms with Crippen molar-refractivity contribution in [3.63, 3.8) is 0 Å². The van der Waals surface area contributed by atoms with Crippen molar-refractivity contribution in [2.24, 2.45) is 5.92 Å². The summed E-state index contributed by atoms with van der Waals surface area (Å²) >= 11 is 0. The number of rotatable bonds is 4. The quantitative estimate of drug-likeness (QED) is 0.826. The molecule has 0 heterocycles. The van der Waals surface area contributed by atoms with Gasteiger partial charge in [-0.1, -0.05) is 37.3 Å². The highest BCUT2D eigenvalue weighted by molar-refractivity contribution is 5.99. The molecule has 1 aromatic carbocycles. The minimum absolute atomic E-state index is 0.0940.